The number of benzene rings is 1. The van der Waals surface area contributed by atoms with E-state index in [0.29, 0.717) is 5.56 Å². The van der Waals surface area contributed by atoms with Crippen LogP contribution in [0.1, 0.15) is 18.6 Å². The van der Waals surface area contributed by atoms with Crippen molar-refractivity contribution in [1.82, 2.24) is 0 Å². The lowest BCUT2D eigenvalue weighted by atomic mass is 10.1. The van der Waals surface area contributed by atoms with Gasteiger partial charge in [0.1, 0.15) is 11.9 Å². The zero-order chi connectivity index (χ0) is 16.3. The molecule has 0 radical (unpaired) electrons. The lowest BCUT2D eigenvalue weighted by Gasteiger charge is -2.15. The Labute approximate surface area is 124 Å². The van der Waals surface area contributed by atoms with Crippen LogP contribution in [-0.2, 0) is 14.3 Å². The van der Waals surface area contributed by atoms with E-state index >= 15 is 0 Å². The predicted molar refractivity (Wildman–Crippen MR) is 67.1 cm³/mol. The molecule has 1 aromatic carbocycles. The molecule has 0 aromatic heterocycles. The highest BCUT2D eigenvalue weighted by molar-refractivity contribution is 5.78. The first-order valence-corrected chi connectivity index (χ1v) is 6.56. The van der Waals surface area contributed by atoms with E-state index < -0.39 is 37.1 Å². The van der Waals surface area contributed by atoms with Crippen molar-refractivity contribution in [1.29, 1.82) is 0 Å². The molecule has 1 heterocycles. The standard InChI is InChI=1S/C14H14F4O4/c1-2-20-12(19)11-10(22-11)8-3-5-9(6-4-8)21-7-14(17,18)13(15)16/h3-6,10-11,13H,2,7H2,1H3. The maximum absolute atomic E-state index is 12.7. The molecule has 122 valence electrons. The summed E-state index contributed by atoms with van der Waals surface area (Å²) in [4.78, 5) is 11.4. The van der Waals surface area contributed by atoms with E-state index in [9.17, 15) is 22.4 Å². The lowest BCUT2D eigenvalue weighted by molar-refractivity contribution is -0.148. The van der Waals surface area contributed by atoms with Crippen LogP contribution in [0.25, 0.3) is 0 Å². The minimum atomic E-state index is -4.20. The summed E-state index contributed by atoms with van der Waals surface area (Å²) in [5.41, 5.74) is 0.644. The Kier molecular flexibility index (Phi) is 4.90. The predicted octanol–water partition coefficient (Wildman–Crippen LogP) is 2.97. The zero-order valence-corrected chi connectivity index (χ0v) is 11.6. The van der Waals surface area contributed by atoms with Crippen molar-refractivity contribution in [2.45, 2.75) is 31.5 Å². The largest absolute Gasteiger partial charge is 0.487 e. The van der Waals surface area contributed by atoms with Gasteiger partial charge in [-0.15, -0.1) is 0 Å². The molecule has 0 saturated carbocycles. The number of hydrogen-bond donors (Lipinski definition) is 0. The highest BCUT2D eigenvalue weighted by Gasteiger charge is 2.47. The van der Waals surface area contributed by atoms with Gasteiger partial charge in [0, 0.05) is 0 Å². The highest BCUT2D eigenvalue weighted by Crippen LogP contribution is 2.40. The van der Waals surface area contributed by atoms with E-state index in [1.54, 1.807) is 6.92 Å². The van der Waals surface area contributed by atoms with E-state index in [2.05, 4.69) is 4.74 Å². The SMILES string of the molecule is CCOC(=O)C1OC1c1ccc(OCC(F)(F)C(F)F)cc1. The third-order valence-corrected chi connectivity index (χ3v) is 2.97. The van der Waals surface area contributed by atoms with Gasteiger partial charge in [-0.1, -0.05) is 12.1 Å². The molecular formula is C14H14F4O4. The van der Waals surface area contributed by atoms with Crippen molar-refractivity contribution in [3.63, 3.8) is 0 Å². The van der Waals surface area contributed by atoms with Gasteiger partial charge in [-0.2, -0.15) is 8.78 Å². The van der Waals surface area contributed by atoms with Gasteiger partial charge in [0.15, 0.2) is 12.7 Å². The fraction of sp³-hybridized carbons (Fsp3) is 0.500. The summed E-state index contributed by atoms with van der Waals surface area (Å²) in [5.74, 6) is -4.64. The van der Waals surface area contributed by atoms with Gasteiger partial charge in [0.2, 0.25) is 0 Å². The smallest absolute Gasteiger partial charge is 0.340 e. The number of esters is 1. The van der Waals surface area contributed by atoms with E-state index in [1.807, 2.05) is 0 Å². The van der Waals surface area contributed by atoms with E-state index in [0.717, 1.165) is 0 Å². The first-order valence-electron chi connectivity index (χ1n) is 6.56. The number of carbonyl (C=O) groups excluding carboxylic acids is 1. The third-order valence-electron chi connectivity index (χ3n) is 2.97. The van der Waals surface area contributed by atoms with Crippen molar-refractivity contribution in [2.75, 3.05) is 13.2 Å². The molecule has 8 heteroatoms. The van der Waals surface area contributed by atoms with Gasteiger partial charge in [0.25, 0.3) is 0 Å². The van der Waals surface area contributed by atoms with Gasteiger partial charge in [-0.25, -0.2) is 13.6 Å². The number of halogens is 4. The van der Waals surface area contributed by atoms with Gasteiger partial charge < -0.3 is 14.2 Å². The monoisotopic (exact) mass is 322 g/mol. The highest BCUT2D eigenvalue weighted by atomic mass is 19.3. The van der Waals surface area contributed by atoms with Gasteiger partial charge in [0.05, 0.1) is 6.61 Å². The van der Waals surface area contributed by atoms with Gasteiger partial charge >= 0.3 is 18.3 Å². The summed E-state index contributed by atoms with van der Waals surface area (Å²) in [6, 6.07) is 5.72. The second kappa shape index (κ2) is 6.51. The van der Waals surface area contributed by atoms with E-state index in [4.69, 9.17) is 9.47 Å². The molecule has 0 spiro atoms. The zero-order valence-electron chi connectivity index (χ0n) is 11.6. The molecule has 1 aromatic rings. The topological polar surface area (TPSA) is 48.1 Å². The Balaban J connectivity index is 1.88. The number of hydrogen-bond acceptors (Lipinski definition) is 4. The molecule has 2 rings (SSSR count). The average Bonchev–Trinajstić information content (AvgIpc) is 3.26. The maximum atomic E-state index is 12.7. The van der Waals surface area contributed by atoms with Crippen LogP contribution in [0.2, 0.25) is 0 Å². The molecule has 1 aliphatic rings. The summed E-state index contributed by atoms with van der Waals surface area (Å²) < 4.78 is 64.0. The molecule has 2 atom stereocenters. The summed E-state index contributed by atoms with van der Waals surface area (Å²) >= 11 is 0. The fourth-order valence-electron chi connectivity index (χ4n) is 1.77. The third kappa shape index (κ3) is 3.88. The molecule has 1 aliphatic heterocycles. The Bertz CT molecular complexity index is 518. The summed E-state index contributed by atoms with van der Waals surface area (Å²) in [7, 11) is 0. The van der Waals surface area contributed by atoms with Crippen LogP contribution in [0.5, 0.6) is 5.75 Å². The fourth-order valence-corrected chi connectivity index (χ4v) is 1.77. The first-order chi connectivity index (χ1) is 10.3. The number of rotatable bonds is 7. The number of carbonyl (C=O) groups is 1. The molecule has 0 bridgehead atoms. The second-order valence-electron chi connectivity index (χ2n) is 4.65. The van der Waals surface area contributed by atoms with Gasteiger partial charge in [-0.05, 0) is 24.6 Å². The Morgan fingerprint density at radius 3 is 2.50 bits per heavy atom. The maximum Gasteiger partial charge on any atom is 0.340 e. The molecule has 22 heavy (non-hydrogen) atoms. The quantitative estimate of drug-likeness (QED) is 0.440. The molecular weight excluding hydrogens is 308 g/mol. The van der Waals surface area contributed by atoms with Crippen molar-refractivity contribution in [3.05, 3.63) is 29.8 Å². The van der Waals surface area contributed by atoms with Crippen LogP contribution in [0.15, 0.2) is 24.3 Å². The van der Waals surface area contributed by atoms with Gasteiger partial charge in [-0.3, -0.25) is 0 Å². The molecule has 1 saturated heterocycles. The minimum Gasteiger partial charge on any atom is -0.487 e. The van der Waals surface area contributed by atoms with Crippen LogP contribution < -0.4 is 4.74 Å². The number of alkyl halides is 4. The Morgan fingerprint density at radius 2 is 1.95 bits per heavy atom. The normalized spacial score (nSPS) is 20.8. The Hall–Kier alpha value is -1.83. The number of ether oxygens (including phenoxy) is 3. The lowest BCUT2D eigenvalue weighted by Crippen LogP contribution is -2.33. The Morgan fingerprint density at radius 1 is 1.32 bits per heavy atom. The van der Waals surface area contributed by atoms with Crippen molar-refractivity contribution in [3.8, 4) is 5.75 Å². The number of epoxide rings is 1. The molecule has 1 fully saturated rings. The van der Waals surface area contributed by atoms with Crippen molar-refractivity contribution < 1.29 is 36.6 Å². The van der Waals surface area contributed by atoms with E-state index in [1.165, 1.54) is 24.3 Å². The average molecular weight is 322 g/mol. The van der Waals surface area contributed by atoms with Crippen molar-refractivity contribution in [2.24, 2.45) is 0 Å². The summed E-state index contributed by atoms with van der Waals surface area (Å²) in [5, 5.41) is 0. The van der Waals surface area contributed by atoms with Crippen LogP contribution in [0.4, 0.5) is 17.6 Å². The van der Waals surface area contributed by atoms with Crippen LogP contribution in [0.3, 0.4) is 0 Å². The molecule has 0 aliphatic carbocycles. The van der Waals surface area contributed by atoms with Crippen LogP contribution in [0, 0.1) is 0 Å². The molecule has 4 nitrogen and oxygen atoms in total. The van der Waals surface area contributed by atoms with Crippen molar-refractivity contribution >= 4 is 5.97 Å². The first kappa shape index (κ1) is 16.5. The minimum absolute atomic E-state index is 0.0254. The van der Waals surface area contributed by atoms with E-state index in [-0.39, 0.29) is 12.4 Å². The van der Waals surface area contributed by atoms with Crippen LogP contribution in [-0.4, -0.2) is 37.6 Å². The summed E-state index contributed by atoms with van der Waals surface area (Å²) in [6.45, 7) is 0.516. The molecule has 0 amide bonds. The molecule has 0 N–H and O–H groups in total. The molecule has 2 unspecified atom stereocenters. The summed E-state index contributed by atoms with van der Waals surface area (Å²) in [6.07, 6.45) is -4.90. The second-order valence-corrected chi connectivity index (χ2v) is 4.65. The van der Waals surface area contributed by atoms with Crippen LogP contribution >= 0.6 is 0 Å².